The Morgan fingerprint density at radius 2 is 1.84 bits per heavy atom. The number of primary sulfonamides is 1. The van der Waals surface area contributed by atoms with Gasteiger partial charge in [0.2, 0.25) is 10.0 Å². The van der Waals surface area contributed by atoms with Crippen LogP contribution in [0.15, 0.2) is 47.4 Å². The fourth-order valence-electron chi connectivity index (χ4n) is 1.92. The van der Waals surface area contributed by atoms with Crippen molar-refractivity contribution in [2.75, 3.05) is 0 Å². The van der Waals surface area contributed by atoms with Gasteiger partial charge < -0.3 is 4.74 Å². The highest BCUT2D eigenvalue weighted by Gasteiger charge is 2.30. The van der Waals surface area contributed by atoms with E-state index in [2.05, 4.69) is 0 Å². The molecule has 0 aliphatic heterocycles. The monoisotopic (exact) mass is 393 g/mol. The Morgan fingerprint density at radius 1 is 1.16 bits per heavy atom. The van der Waals surface area contributed by atoms with Crippen LogP contribution in [-0.4, -0.2) is 14.4 Å². The molecule has 2 N–H and O–H groups in total. The summed E-state index contributed by atoms with van der Waals surface area (Å²) in [5.74, 6) is -0.932. The lowest BCUT2D eigenvalue weighted by molar-refractivity contribution is -0.137. The van der Waals surface area contributed by atoms with E-state index in [0.717, 1.165) is 24.3 Å². The van der Waals surface area contributed by atoms with Crippen molar-refractivity contribution in [1.82, 2.24) is 0 Å². The van der Waals surface area contributed by atoms with Crippen LogP contribution in [0.2, 0.25) is 5.02 Å². The molecule has 0 atom stereocenters. The average Bonchev–Trinajstić information content (AvgIpc) is 2.51. The molecule has 0 saturated carbocycles. The molecule has 134 valence electrons. The fraction of sp³-hybridized carbons (Fsp3) is 0.133. The minimum absolute atomic E-state index is 0.129. The predicted molar refractivity (Wildman–Crippen MR) is 83.4 cm³/mol. The molecular formula is C15H11ClF3NO4S. The van der Waals surface area contributed by atoms with Gasteiger partial charge in [0.15, 0.2) is 0 Å². The number of esters is 1. The maximum absolute atomic E-state index is 12.6. The molecular weight excluding hydrogens is 383 g/mol. The van der Waals surface area contributed by atoms with Crippen LogP contribution in [0.4, 0.5) is 13.2 Å². The van der Waals surface area contributed by atoms with Crippen molar-refractivity contribution >= 4 is 27.6 Å². The van der Waals surface area contributed by atoms with Crippen LogP contribution in [0.5, 0.6) is 0 Å². The van der Waals surface area contributed by atoms with Gasteiger partial charge in [-0.2, -0.15) is 13.2 Å². The van der Waals surface area contributed by atoms with Crippen LogP contribution in [0.1, 0.15) is 21.5 Å². The number of carbonyl (C=O) groups excluding carboxylic acids is 1. The Labute approximate surface area is 146 Å². The molecule has 0 spiro atoms. The molecule has 10 heteroatoms. The molecule has 0 fully saturated rings. The summed E-state index contributed by atoms with van der Waals surface area (Å²) >= 11 is 5.70. The summed E-state index contributed by atoms with van der Waals surface area (Å²) in [6, 6.07) is 7.60. The Kier molecular flexibility index (Phi) is 5.40. The van der Waals surface area contributed by atoms with Crippen molar-refractivity contribution in [1.29, 1.82) is 0 Å². The fourth-order valence-corrected chi connectivity index (χ4v) is 2.99. The first kappa shape index (κ1) is 19.2. The summed E-state index contributed by atoms with van der Waals surface area (Å²) in [4.78, 5) is 11.5. The van der Waals surface area contributed by atoms with E-state index in [1.165, 1.54) is 18.2 Å². The molecule has 0 bridgehead atoms. The van der Waals surface area contributed by atoms with Gasteiger partial charge in [-0.15, -0.1) is 0 Å². The van der Waals surface area contributed by atoms with E-state index in [1.807, 2.05) is 0 Å². The normalized spacial score (nSPS) is 12.0. The number of hydrogen-bond acceptors (Lipinski definition) is 4. The summed E-state index contributed by atoms with van der Waals surface area (Å²) in [6.07, 6.45) is -4.51. The lowest BCUT2D eigenvalue weighted by atomic mass is 10.1. The van der Waals surface area contributed by atoms with Gasteiger partial charge >= 0.3 is 12.1 Å². The Balaban J connectivity index is 2.16. The van der Waals surface area contributed by atoms with Gasteiger partial charge in [-0.3, -0.25) is 0 Å². The number of nitrogens with two attached hydrogens (primary N) is 1. The molecule has 0 amide bonds. The van der Waals surface area contributed by atoms with E-state index >= 15 is 0 Å². The number of carbonyl (C=O) groups is 1. The Hall–Kier alpha value is -2.10. The van der Waals surface area contributed by atoms with Crippen molar-refractivity contribution in [3.63, 3.8) is 0 Å². The van der Waals surface area contributed by atoms with Gasteiger partial charge in [0.1, 0.15) is 11.5 Å². The topological polar surface area (TPSA) is 86.5 Å². The molecule has 0 aliphatic rings. The predicted octanol–water partition coefficient (Wildman–Crippen LogP) is 3.36. The zero-order valence-electron chi connectivity index (χ0n) is 12.4. The van der Waals surface area contributed by atoms with Gasteiger partial charge in [0.25, 0.3) is 0 Å². The number of rotatable bonds is 4. The number of halogens is 4. The summed E-state index contributed by atoms with van der Waals surface area (Å²) in [5, 5.41) is 4.81. The minimum atomic E-state index is -4.51. The summed E-state index contributed by atoms with van der Waals surface area (Å²) in [5.41, 5.74) is -0.895. The second-order valence-electron chi connectivity index (χ2n) is 4.96. The Morgan fingerprint density at radius 3 is 2.44 bits per heavy atom. The number of sulfonamides is 1. The van der Waals surface area contributed by atoms with Gasteiger partial charge in [-0.25, -0.2) is 18.4 Å². The van der Waals surface area contributed by atoms with Crippen molar-refractivity contribution in [2.45, 2.75) is 17.7 Å². The van der Waals surface area contributed by atoms with Gasteiger partial charge in [-0.1, -0.05) is 23.7 Å². The number of ether oxygens (including phenoxy) is 1. The molecule has 2 aromatic rings. The van der Waals surface area contributed by atoms with E-state index in [4.69, 9.17) is 21.5 Å². The SMILES string of the molecule is NS(=O)(=O)c1cc(C(=O)OCc2cccc(C(F)(F)F)c2)ccc1Cl. The zero-order valence-corrected chi connectivity index (χ0v) is 14.0. The number of hydrogen-bond donors (Lipinski definition) is 1. The standard InChI is InChI=1S/C15H11ClF3NO4S/c16-12-5-4-10(7-13(12)25(20,22)23)14(21)24-8-9-2-1-3-11(6-9)15(17,18)19/h1-7H,8H2,(H2,20,22,23). The van der Waals surface area contributed by atoms with E-state index in [0.29, 0.717) is 0 Å². The van der Waals surface area contributed by atoms with E-state index in [1.54, 1.807) is 0 Å². The highest BCUT2D eigenvalue weighted by Crippen LogP contribution is 2.29. The van der Waals surface area contributed by atoms with Crippen molar-refractivity contribution in [2.24, 2.45) is 5.14 Å². The van der Waals surface area contributed by atoms with Crippen molar-refractivity contribution in [3.8, 4) is 0 Å². The lowest BCUT2D eigenvalue weighted by Crippen LogP contribution is -2.14. The lowest BCUT2D eigenvalue weighted by Gasteiger charge is -2.10. The largest absolute Gasteiger partial charge is 0.457 e. The molecule has 0 unspecified atom stereocenters. The molecule has 2 aromatic carbocycles. The molecule has 2 rings (SSSR count). The maximum Gasteiger partial charge on any atom is 0.416 e. The zero-order chi connectivity index (χ0) is 18.8. The van der Waals surface area contributed by atoms with Gasteiger partial charge in [0, 0.05) is 0 Å². The molecule has 0 aliphatic carbocycles. The van der Waals surface area contributed by atoms with Crippen LogP contribution in [0, 0.1) is 0 Å². The van der Waals surface area contributed by atoms with E-state index in [9.17, 15) is 26.4 Å². The first-order valence-electron chi connectivity index (χ1n) is 6.64. The smallest absolute Gasteiger partial charge is 0.416 e. The van der Waals surface area contributed by atoms with Crippen molar-refractivity contribution < 1.29 is 31.1 Å². The number of benzene rings is 2. The van der Waals surface area contributed by atoms with Crippen LogP contribution >= 0.6 is 11.6 Å². The highest BCUT2D eigenvalue weighted by atomic mass is 35.5. The Bertz CT molecular complexity index is 913. The molecule has 5 nitrogen and oxygen atoms in total. The van der Waals surface area contributed by atoms with Crippen LogP contribution in [0.25, 0.3) is 0 Å². The van der Waals surface area contributed by atoms with Crippen molar-refractivity contribution in [3.05, 3.63) is 64.2 Å². The third-order valence-corrected chi connectivity index (χ3v) is 4.49. The second kappa shape index (κ2) is 7.03. The summed E-state index contributed by atoms with van der Waals surface area (Å²) in [7, 11) is -4.14. The van der Waals surface area contributed by atoms with E-state index < -0.39 is 39.2 Å². The number of alkyl halides is 3. The maximum atomic E-state index is 12.6. The second-order valence-corrected chi connectivity index (χ2v) is 6.90. The summed E-state index contributed by atoms with van der Waals surface area (Å²) in [6.45, 7) is -0.421. The first-order valence-corrected chi connectivity index (χ1v) is 8.56. The average molecular weight is 394 g/mol. The highest BCUT2D eigenvalue weighted by molar-refractivity contribution is 7.89. The molecule has 0 aromatic heterocycles. The van der Waals surface area contributed by atoms with Crippen LogP contribution in [0.3, 0.4) is 0 Å². The third-order valence-electron chi connectivity index (χ3n) is 3.10. The molecule has 0 radical (unpaired) electrons. The van der Waals surface area contributed by atoms with Gasteiger partial charge in [0.05, 0.1) is 16.1 Å². The third kappa shape index (κ3) is 4.94. The van der Waals surface area contributed by atoms with Crippen LogP contribution < -0.4 is 5.14 Å². The summed E-state index contributed by atoms with van der Waals surface area (Å²) < 4.78 is 65.6. The molecule has 0 heterocycles. The quantitative estimate of drug-likeness (QED) is 0.807. The van der Waals surface area contributed by atoms with Crippen LogP contribution in [-0.2, 0) is 27.5 Å². The molecule has 25 heavy (non-hydrogen) atoms. The van der Waals surface area contributed by atoms with Gasteiger partial charge in [-0.05, 0) is 35.9 Å². The van der Waals surface area contributed by atoms with E-state index in [-0.39, 0.29) is 16.1 Å². The minimum Gasteiger partial charge on any atom is -0.457 e. The first-order chi connectivity index (χ1) is 11.5. The molecule has 0 saturated heterocycles.